The van der Waals surface area contributed by atoms with Crippen molar-refractivity contribution >= 4 is 12.2 Å². The Morgan fingerprint density at radius 2 is 2.20 bits per heavy atom. The van der Waals surface area contributed by atoms with Crippen molar-refractivity contribution in [3.63, 3.8) is 0 Å². The van der Waals surface area contributed by atoms with Crippen molar-refractivity contribution in [2.24, 2.45) is 0 Å². The van der Waals surface area contributed by atoms with Crippen LogP contribution in [0.3, 0.4) is 0 Å². The molecule has 1 rings (SSSR count). The van der Waals surface area contributed by atoms with Gasteiger partial charge in [-0.25, -0.2) is 0 Å². The number of hydrogen-bond acceptors (Lipinski definition) is 2. The van der Waals surface area contributed by atoms with Crippen LogP contribution < -0.4 is 0 Å². The molecule has 86 valence electrons. The molecule has 1 atom stereocenters. The SMILES string of the molecule is CCc1c[nH]c(=S)n1C(C)CCN(C)C. The number of rotatable bonds is 5. The van der Waals surface area contributed by atoms with Crippen molar-refractivity contribution in [3.8, 4) is 0 Å². The molecular weight excluding hydrogens is 206 g/mol. The molecule has 0 aliphatic rings. The quantitative estimate of drug-likeness (QED) is 0.782. The molecule has 0 saturated carbocycles. The second-order valence-electron chi connectivity index (χ2n) is 4.25. The van der Waals surface area contributed by atoms with Crippen LogP contribution in [0.2, 0.25) is 0 Å². The van der Waals surface area contributed by atoms with E-state index in [-0.39, 0.29) is 0 Å². The summed E-state index contributed by atoms with van der Waals surface area (Å²) in [6.07, 6.45) is 4.18. The lowest BCUT2D eigenvalue weighted by Crippen LogP contribution is -2.18. The van der Waals surface area contributed by atoms with Gasteiger partial charge in [-0.2, -0.15) is 0 Å². The van der Waals surface area contributed by atoms with Crippen molar-refractivity contribution in [2.45, 2.75) is 32.7 Å². The van der Waals surface area contributed by atoms with Crippen LogP contribution >= 0.6 is 12.2 Å². The van der Waals surface area contributed by atoms with E-state index in [9.17, 15) is 0 Å². The van der Waals surface area contributed by atoms with Crippen LogP contribution in [0.25, 0.3) is 0 Å². The second-order valence-corrected chi connectivity index (χ2v) is 4.64. The number of nitrogens with zero attached hydrogens (tertiary/aromatic N) is 2. The number of H-pyrrole nitrogens is 1. The summed E-state index contributed by atoms with van der Waals surface area (Å²) >= 11 is 5.29. The van der Waals surface area contributed by atoms with E-state index in [0.717, 1.165) is 24.2 Å². The maximum atomic E-state index is 5.29. The first-order chi connectivity index (χ1) is 7.06. The zero-order valence-corrected chi connectivity index (χ0v) is 10.9. The maximum Gasteiger partial charge on any atom is 0.177 e. The van der Waals surface area contributed by atoms with Crippen LogP contribution in [0.4, 0.5) is 0 Å². The zero-order chi connectivity index (χ0) is 11.4. The van der Waals surface area contributed by atoms with Crippen LogP contribution in [-0.4, -0.2) is 35.1 Å². The van der Waals surface area contributed by atoms with E-state index in [1.807, 2.05) is 6.20 Å². The second kappa shape index (κ2) is 5.47. The summed E-state index contributed by atoms with van der Waals surface area (Å²) in [7, 11) is 4.20. The average Bonchev–Trinajstić information content (AvgIpc) is 2.56. The van der Waals surface area contributed by atoms with E-state index in [1.165, 1.54) is 5.69 Å². The molecule has 1 N–H and O–H groups in total. The van der Waals surface area contributed by atoms with E-state index in [0.29, 0.717) is 6.04 Å². The largest absolute Gasteiger partial charge is 0.337 e. The predicted molar refractivity (Wildman–Crippen MR) is 66.9 cm³/mol. The minimum Gasteiger partial charge on any atom is -0.337 e. The molecule has 3 nitrogen and oxygen atoms in total. The van der Waals surface area contributed by atoms with Gasteiger partial charge in [0.15, 0.2) is 4.77 Å². The summed E-state index contributed by atoms with van der Waals surface area (Å²) in [4.78, 5) is 5.33. The summed E-state index contributed by atoms with van der Waals surface area (Å²) in [5.41, 5.74) is 1.30. The minimum atomic E-state index is 0.473. The third-order valence-electron chi connectivity index (χ3n) is 2.69. The molecular formula is C11H21N3S. The van der Waals surface area contributed by atoms with Gasteiger partial charge in [-0.15, -0.1) is 0 Å². The van der Waals surface area contributed by atoms with Crippen molar-refractivity contribution in [1.82, 2.24) is 14.5 Å². The molecule has 0 aromatic carbocycles. The van der Waals surface area contributed by atoms with Gasteiger partial charge in [0, 0.05) is 17.9 Å². The van der Waals surface area contributed by atoms with Gasteiger partial charge < -0.3 is 14.5 Å². The summed E-state index contributed by atoms with van der Waals surface area (Å²) in [6.45, 7) is 5.48. The van der Waals surface area contributed by atoms with Crippen LogP contribution in [0.5, 0.6) is 0 Å². The van der Waals surface area contributed by atoms with E-state index in [4.69, 9.17) is 12.2 Å². The minimum absolute atomic E-state index is 0.473. The monoisotopic (exact) mass is 227 g/mol. The molecule has 0 radical (unpaired) electrons. The number of hydrogen-bond donors (Lipinski definition) is 1. The van der Waals surface area contributed by atoms with Crippen molar-refractivity contribution in [3.05, 3.63) is 16.7 Å². The van der Waals surface area contributed by atoms with Gasteiger partial charge in [-0.05, 0) is 52.6 Å². The molecule has 1 heterocycles. The average molecular weight is 227 g/mol. The highest BCUT2D eigenvalue weighted by Crippen LogP contribution is 2.15. The Hall–Kier alpha value is -0.610. The van der Waals surface area contributed by atoms with E-state index in [2.05, 4.69) is 42.4 Å². The molecule has 0 aliphatic heterocycles. The maximum absolute atomic E-state index is 5.29. The Morgan fingerprint density at radius 1 is 1.53 bits per heavy atom. The molecule has 0 saturated heterocycles. The standard InChI is InChI=1S/C11H21N3S/c1-5-10-8-12-11(15)14(10)9(2)6-7-13(3)4/h8-9H,5-7H2,1-4H3,(H,12,15). The van der Waals surface area contributed by atoms with Crippen molar-refractivity contribution in [2.75, 3.05) is 20.6 Å². The molecule has 1 unspecified atom stereocenters. The normalized spacial score (nSPS) is 13.4. The van der Waals surface area contributed by atoms with Crippen molar-refractivity contribution in [1.29, 1.82) is 0 Å². The third-order valence-corrected chi connectivity index (χ3v) is 3.00. The molecule has 0 amide bonds. The van der Waals surface area contributed by atoms with Crippen LogP contribution in [0.1, 0.15) is 32.0 Å². The third kappa shape index (κ3) is 3.18. The van der Waals surface area contributed by atoms with E-state index >= 15 is 0 Å². The Morgan fingerprint density at radius 3 is 2.73 bits per heavy atom. The fraction of sp³-hybridized carbons (Fsp3) is 0.727. The van der Waals surface area contributed by atoms with Gasteiger partial charge in [0.1, 0.15) is 0 Å². The lowest BCUT2D eigenvalue weighted by atomic mass is 10.2. The van der Waals surface area contributed by atoms with Crippen LogP contribution in [0.15, 0.2) is 6.20 Å². The van der Waals surface area contributed by atoms with Crippen molar-refractivity contribution < 1.29 is 0 Å². The van der Waals surface area contributed by atoms with Gasteiger partial charge in [0.25, 0.3) is 0 Å². The molecule has 4 heteroatoms. The first kappa shape index (κ1) is 12.5. The zero-order valence-electron chi connectivity index (χ0n) is 10.1. The topological polar surface area (TPSA) is 24.0 Å². The van der Waals surface area contributed by atoms with Gasteiger partial charge in [0.2, 0.25) is 0 Å². The van der Waals surface area contributed by atoms with Gasteiger partial charge in [-0.3, -0.25) is 0 Å². The lowest BCUT2D eigenvalue weighted by Gasteiger charge is -2.18. The molecule has 0 fully saturated rings. The Labute approximate surface area is 97.1 Å². The fourth-order valence-corrected chi connectivity index (χ4v) is 2.10. The molecule has 1 aromatic heterocycles. The highest BCUT2D eigenvalue weighted by molar-refractivity contribution is 7.71. The summed E-state index contributed by atoms with van der Waals surface area (Å²) in [5.74, 6) is 0. The number of imidazole rings is 1. The van der Waals surface area contributed by atoms with E-state index in [1.54, 1.807) is 0 Å². The van der Waals surface area contributed by atoms with E-state index < -0.39 is 0 Å². The molecule has 1 aromatic rings. The summed E-state index contributed by atoms with van der Waals surface area (Å²) < 4.78 is 3.08. The number of aromatic nitrogens is 2. The molecule has 0 bridgehead atoms. The highest BCUT2D eigenvalue weighted by atomic mass is 32.1. The Kier molecular flexibility index (Phi) is 4.54. The number of aromatic amines is 1. The number of aryl methyl sites for hydroxylation is 1. The first-order valence-corrected chi connectivity index (χ1v) is 5.90. The first-order valence-electron chi connectivity index (χ1n) is 5.49. The molecule has 0 aliphatic carbocycles. The summed E-state index contributed by atoms with van der Waals surface area (Å²) in [6, 6.07) is 0.473. The predicted octanol–water partition coefficient (Wildman–Crippen LogP) is 2.62. The van der Waals surface area contributed by atoms with Gasteiger partial charge in [-0.1, -0.05) is 6.92 Å². The lowest BCUT2D eigenvalue weighted by molar-refractivity contribution is 0.354. The molecule has 0 spiro atoms. The van der Waals surface area contributed by atoms with Crippen LogP contribution in [0, 0.1) is 4.77 Å². The number of nitrogens with one attached hydrogen (secondary N) is 1. The summed E-state index contributed by atoms with van der Waals surface area (Å²) in [5, 5.41) is 0. The van der Waals surface area contributed by atoms with Gasteiger partial charge >= 0.3 is 0 Å². The van der Waals surface area contributed by atoms with Crippen LogP contribution in [-0.2, 0) is 6.42 Å². The highest BCUT2D eigenvalue weighted by Gasteiger charge is 2.10. The fourth-order valence-electron chi connectivity index (χ4n) is 1.74. The molecule has 15 heavy (non-hydrogen) atoms. The Balaban J connectivity index is 2.76. The van der Waals surface area contributed by atoms with Gasteiger partial charge in [0.05, 0.1) is 0 Å². The Bertz CT molecular complexity index is 351. The smallest absolute Gasteiger partial charge is 0.177 e.